The molecule has 0 spiro atoms. The fourth-order valence-electron chi connectivity index (χ4n) is 3.16. The number of benzene rings is 1. The number of amides is 2. The molecule has 1 saturated heterocycles. The van der Waals surface area contributed by atoms with Crippen LogP contribution in [0, 0.1) is 5.82 Å². The SMILES string of the molecule is CC(C)(C)N(C1CC(=O)N(c2ccc(F)cc2)C1=O)S(=O)(=O)c1cccs1. The third-order valence-corrected chi connectivity index (χ3v) is 7.71. The minimum atomic E-state index is -3.98. The van der Waals surface area contributed by atoms with Crippen LogP contribution in [0.1, 0.15) is 27.2 Å². The van der Waals surface area contributed by atoms with Crippen molar-refractivity contribution >= 4 is 38.9 Å². The van der Waals surface area contributed by atoms with Crippen LogP contribution in [0.3, 0.4) is 0 Å². The minimum Gasteiger partial charge on any atom is -0.274 e. The normalized spacial score (nSPS) is 18.6. The first-order valence-electron chi connectivity index (χ1n) is 8.24. The number of anilines is 1. The lowest BCUT2D eigenvalue weighted by Crippen LogP contribution is -2.54. The van der Waals surface area contributed by atoms with Crippen LogP contribution in [-0.2, 0) is 19.6 Å². The van der Waals surface area contributed by atoms with Gasteiger partial charge in [0.05, 0.1) is 12.1 Å². The van der Waals surface area contributed by atoms with E-state index in [1.54, 1.807) is 32.2 Å². The molecule has 1 aromatic heterocycles. The third kappa shape index (κ3) is 3.54. The molecule has 0 bridgehead atoms. The van der Waals surface area contributed by atoms with Crippen molar-refractivity contribution in [3.05, 3.63) is 47.6 Å². The van der Waals surface area contributed by atoms with Crippen LogP contribution in [0.5, 0.6) is 0 Å². The van der Waals surface area contributed by atoms with Gasteiger partial charge in [-0.25, -0.2) is 17.7 Å². The van der Waals surface area contributed by atoms with E-state index in [1.165, 1.54) is 18.2 Å². The van der Waals surface area contributed by atoms with Crippen LogP contribution < -0.4 is 4.90 Å². The topological polar surface area (TPSA) is 74.8 Å². The molecular formula is C18H19FN2O4S2. The number of imide groups is 1. The summed E-state index contributed by atoms with van der Waals surface area (Å²) >= 11 is 1.05. The Kier molecular flexibility index (Phi) is 4.96. The number of carbonyl (C=O) groups excluding carboxylic acids is 2. The molecule has 6 nitrogen and oxygen atoms in total. The first-order valence-corrected chi connectivity index (χ1v) is 10.6. The monoisotopic (exact) mass is 410 g/mol. The van der Waals surface area contributed by atoms with E-state index >= 15 is 0 Å². The van der Waals surface area contributed by atoms with Gasteiger partial charge in [-0.3, -0.25) is 9.59 Å². The van der Waals surface area contributed by atoms with Crippen molar-refractivity contribution < 1.29 is 22.4 Å². The van der Waals surface area contributed by atoms with Crippen LogP contribution in [-0.4, -0.2) is 36.1 Å². The predicted molar refractivity (Wildman–Crippen MR) is 100 cm³/mol. The highest BCUT2D eigenvalue weighted by Gasteiger charge is 2.50. The number of carbonyl (C=O) groups is 2. The average Bonchev–Trinajstić information content (AvgIpc) is 3.17. The fraction of sp³-hybridized carbons (Fsp3) is 0.333. The van der Waals surface area contributed by atoms with E-state index in [1.807, 2.05) is 0 Å². The molecule has 0 saturated carbocycles. The molecule has 1 unspecified atom stereocenters. The van der Waals surface area contributed by atoms with Gasteiger partial charge in [-0.1, -0.05) is 6.07 Å². The van der Waals surface area contributed by atoms with Gasteiger partial charge < -0.3 is 0 Å². The molecule has 9 heteroatoms. The van der Waals surface area contributed by atoms with Crippen LogP contribution in [0.25, 0.3) is 0 Å². The summed E-state index contributed by atoms with van der Waals surface area (Å²) in [6.45, 7) is 5.03. The molecule has 27 heavy (non-hydrogen) atoms. The maximum Gasteiger partial charge on any atom is 0.253 e. The number of sulfonamides is 1. The lowest BCUT2D eigenvalue weighted by atomic mass is 10.1. The zero-order chi connectivity index (χ0) is 20.0. The highest BCUT2D eigenvalue weighted by atomic mass is 32.2. The first kappa shape index (κ1) is 19.7. The third-order valence-electron chi connectivity index (χ3n) is 4.16. The summed E-state index contributed by atoms with van der Waals surface area (Å²) in [5.74, 6) is -1.65. The smallest absolute Gasteiger partial charge is 0.253 e. The second-order valence-electron chi connectivity index (χ2n) is 7.17. The van der Waals surface area contributed by atoms with E-state index in [4.69, 9.17) is 0 Å². The first-order chi connectivity index (χ1) is 12.5. The van der Waals surface area contributed by atoms with E-state index in [-0.39, 0.29) is 16.3 Å². The summed E-state index contributed by atoms with van der Waals surface area (Å²) in [7, 11) is -3.98. The Morgan fingerprint density at radius 1 is 1.15 bits per heavy atom. The van der Waals surface area contributed by atoms with E-state index in [0.29, 0.717) is 0 Å². The molecule has 2 aromatic rings. The van der Waals surface area contributed by atoms with Gasteiger partial charge in [-0.15, -0.1) is 11.3 Å². The Morgan fingerprint density at radius 3 is 2.30 bits per heavy atom. The molecule has 3 rings (SSSR count). The Labute approximate surface area is 161 Å². The van der Waals surface area contributed by atoms with Crippen molar-refractivity contribution in [2.24, 2.45) is 0 Å². The zero-order valence-corrected chi connectivity index (χ0v) is 16.7. The summed E-state index contributed by atoms with van der Waals surface area (Å²) in [6, 6.07) is 6.86. The summed E-state index contributed by atoms with van der Waals surface area (Å²) in [4.78, 5) is 26.5. The Bertz CT molecular complexity index is 964. The van der Waals surface area contributed by atoms with Gasteiger partial charge in [0.1, 0.15) is 16.1 Å². The molecule has 1 fully saturated rings. The van der Waals surface area contributed by atoms with Crippen molar-refractivity contribution in [2.45, 2.75) is 43.0 Å². The predicted octanol–water partition coefficient (Wildman–Crippen LogP) is 3.01. The maximum absolute atomic E-state index is 13.2. The molecule has 1 aromatic carbocycles. The number of hydrogen-bond acceptors (Lipinski definition) is 5. The van der Waals surface area contributed by atoms with Gasteiger partial charge in [0, 0.05) is 5.54 Å². The van der Waals surface area contributed by atoms with Gasteiger partial charge in [0.2, 0.25) is 5.91 Å². The zero-order valence-electron chi connectivity index (χ0n) is 15.0. The van der Waals surface area contributed by atoms with E-state index in [0.717, 1.165) is 32.7 Å². The van der Waals surface area contributed by atoms with Crippen molar-refractivity contribution in [2.75, 3.05) is 4.90 Å². The molecule has 1 aliphatic heterocycles. The molecular weight excluding hydrogens is 391 g/mol. The lowest BCUT2D eigenvalue weighted by molar-refractivity contribution is -0.122. The summed E-state index contributed by atoms with van der Waals surface area (Å²) in [6.07, 6.45) is -0.266. The Morgan fingerprint density at radius 2 is 1.78 bits per heavy atom. The Hall–Kier alpha value is -2.10. The molecule has 2 heterocycles. The fourth-order valence-corrected chi connectivity index (χ4v) is 6.17. The quantitative estimate of drug-likeness (QED) is 0.726. The molecule has 0 radical (unpaired) electrons. The highest BCUT2D eigenvalue weighted by molar-refractivity contribution is 7.91. The van der Waals surface area contributed by atoms with Crippen molar-refractivity contribution in [1.82, 2.24) is 4.31 Å². The lowest BCUT2D eigenvalue weighted by Gasteiger charge is -2.37. The van der Waals surface area contributed by atoms with Gasteiger partial charge in [-0.2, -0.15) is 4.31 Å². The molecule has 1 atom stereocenters. The summed E-state index contributed by atoms with van der Waals surface area (Å²) in [5.41, 5.74) is -0.710. The standard InChI is InChI=1S/C18H19FN2O4S2/c1-18(2,3)21(27(24,25)16-5-4-10-26-16)14-11-15(22)20(17(14)23)13-8-6-12(19)7-9-13/h4-10,14H,11H2,1-3H3. The van der Waals surface area contributed by atoms with E-state index < -0.39 is 39.2 Å². The summed E-state index contributed by atoms with van der Waals surface area (Å²) in [5, 5.41) is 1.64. The van der Waals surface area contributed by atoms with Crippen molar-refractivity contribution in [3.8, 4) is 0 Å². The van der Waals surface area contributed by atoms with Crippen molar-refractivity contribution in [1.29, 1.82) is 0 Å². The van der Waals surface area contributed by atoms with Crippen LogP contribution in [0.15, 0.2) is 46.0 Å². The number of rotatable bonds is 4. The minimum absolute atomic E-state index is 0.109. The van der Waals surface area contributed by atoms with E-state index in [9.17, 15) is 22.4 Å². The van der Waals surface area contributed by atoms with Gasteiger partial charge >= 0.3 is 0 Å². The maximum atomic E-state index is 13.2. The van der Waals surface area contributed by atoms with Gasteiger partial charge in [-0.05, 0) is 56.5 Å². The number of nitrogens with zero attached hydrogens (tertiary/aromatic N) is 2. The van der Waals surface area contributed by atoms with Crippen LogP contribution in [0.2, 0.25) is 0 Å². The Balaban J connectivity index is 2.03. The van der Waals surface area contributed by atoms with Crippen LogP contribution in [0.4, 0.5) is 10.1 Å². The molecule has 0 N–H and O–H groups in total. The van der Waals surface area contributed by atoms with Gasteiger partial charge in [0.15, 0.2) is 0 Å². The largest absolute Gasteiger partial charge is 0.274 e. The van der Waals surface area contributed by atoms with Crippen molar-refractivity contribution in [3.63, 3.8) is 0 Å². The van der Waals surface area contributed by atoms with E-state index in [2.05, 4.69) is 0 Å². The number of hydrogen-bond donors (Lipinski definition) is 0. The van der Waals surface area contributed by atoms with Gasteiger partial charge in [0.25, 0.3) is 15.9 Å². The second kappa shape index (κ2) is 6.81. The number of halogens is 1. The second-order valence-corrected chi connectivity index (χ2v) is 10.2. The molecule has 1 aliphatic rings. The van der Waals surface area contributed by atoms with Crippen LogP contribution >= 0.6 is 11.3 Å². The highest BCUT2D eigenvalue weighted by Crippen LogP contribution is 2.35. The molecule has 144 valence electrons. The summed E-state index contributed by atoms with van der Waals surface area (Å²) < 4.78 is 40.7. The molecule has 0 aliphatic carbocycles. The average molecular weight is 410 g/mol. The number of thiophene rings is 1. The molecule has 2 amide bonds.